The number of rotatable bonds is 7. The molecular formula is C23H39BN2O5. The summed E-state index contributed by atoms with van der Waals surface area (Å²) in [6.07, 6.45) is 3.06. The molecule has 5 aliphatic rings. The van der Waals surface area contributed by atoms with Crippen LogP contribution in [-0.4, -0.2) is 61.8 Å². The second-order valence-corrected chi connectivity index (χ2v) is 11.3. The highest BCUT2D eigenvalue weighted by atomic mass is 16.7. The van der Waals surface area contributed by atoms with E-state index in [9.17, 15) is 9.59 Å². The number of amides is 2. The van der Waals surface area contributed by atoms with Gasteiger partial charge in [-0.1, -0.05) is 27.7 Å². The highest BCUT2D eigenvalue weighted by Crippen LogP contribution is 2.66. The van der Waals surface area contributed by atoms with Crippen molar-refractivity contribution < 1.29 is 23.6 Å². The van der Waals surface area contributed by atoms with Gasteiger partial charge in [0, 0.05) is 31.2 Å². The summed E-state index contributed by atoms with van der Waals surface area (Å²) >= 11 is 0. The summed E-state index contributed by atoms with van der Waals surface area (Å²) in [5.41, 5.74) is 5.79. The fourth-order valence-electron chi connectivity index (χ4n) is 6.68. The lowest BCUT2D eigenvalue weighted by Gasteiger charge is -2.64. The van der Waals surface area contributed by atoms with Crippen LogP contribution in [0.5, 0.6) is 0 Å². The highest BCUT2D eigenvalue weighted by Gasteiger charge is 2.68. The van der Waals surface area contributed by atoms with Crippen molar-refractivity contribution in [2.75, 3.05) is 26.3 Å². The van der Waals surface area contributed by atoms with Gasteiger partial charge in [-0.15, -0.1) is 0 Å². The zero-order chi connectivity index (χ0) is 22.6. The minimum absolute atomic E-state index is 0.0362. The number of carbonyl (C=O) groups is 2. The van der Waals surface area contributed by atoms with Crippen LogP contribution >= 0.6 is 0 Å². The molecule has 0 aromatic carbocycles. The number of hydrogen-bond donors (Lipinski definition) is 1. The van der Waals surface area contributed by atoms with E-state index in [-0.39, 0.29) is 35.3 Å². The molecule has 5 rings (SSSR count). The average molecular weight is 434 g/mol. The first-order valence-electron chi connectivity index (χ1n) is 12.0. The predicted molar refractivity (Wildman–Crippen MR) is 118 cm³/mol. The maximum absolute atomic E-state index is 13.0. The lowest BCUT2D eigenvalue weighted by molar-refractivity contribution is -0.199. The molecule has 8 heteroatoms. The molecular weight excluding hydrogens is 395 g/mol. The van der Waals surface area contributed by atoms with Crippen LogP contribution < -0.4 is 5.73 Å². The molecule has 2 heterocycles. The summed E-state index contributed by atoms with van der Waals surface area (Å²) in [7, 11) is -0.498. The SMILES string of the molecule is CC(C)C[C@@H](B1O[C@@H]2C[C@@H]3C[C@@H](C3(C)C)[C@]2(C)O1)C(CC(=O)N1CCOCC1)C(N)=O. The Morgan fingerprint density at radius 2 is 1.84 bits per heavy atom. The summed E-state index contributed by atoms with van der Waals surface area (Å²) in [4.78, 5) is 27.3. The molecule has 3 aliphatic carbocycles. The molecule has 0 spiro atoms. The molecule has 2 amide bonds. The zero-order valence-corrected chi connectivity index (χ0v) is 19.8. The molecule has 174 valence electrons. The second-order valence-electron chi connectivity index (χ2n) is 11.3. The molecule has 31 heavy (non-hydrogen) atoms. The van der Waals surface area contributed by atoms with Crippen molar-refractivity contribution in [3.8, 4) is 0 Å². The van der Waals surface area contributed by atoms with Crippen LogP contribution in [0.2, 0.25) is 5.82 Å². The molecule has 0 radical (unpaired) electrons. The van der Waals surface area contributed by atoms with Gasteiger partial charge in [-0.3, -0.25) is 9.59 Å². The van der Waals surface area contributed by atoms with Crippen LogP contribution in [0, 0.1) is 29.1 Å². The van der Waals surface area contributed by atoms with Crippen LogP contribution in [0.1, 0.15) is 60.3 Å². The maximum atomic E-state index is 13.0. The van der Waals surface area contributed by atoms with E-state index in [1.165, 1.54) is 6.42 Å². The van der Waals surface area contributed by atoms with E-state index in [2.05, 4.69) is 34.6 Å². The van der Waals surface area contributed by atoms with Crippen LogP contribution in [0.3, 0.4) is 0 Å². The third-order valence-electron chi connectivity index (χ3n) is 8.70. The van der Waals surface area contributed by atoms with Crippen molar-refractivity contribution in [3.05, 3.63) is 0 Å². The van der Waals surface area contributed by atoms with Gasteiger partial charge in [-0.2, -0.15) is 0 Å². The summed E-state index contributed by atoms with van der Waals surface area (Å²) in [6.45, 7) is 13.3. The van der Waals surface area contributed by atoms with Gasteiger partial charge in [0.1, 0.15) is 0 Å². The smallest absolute Gasteiger partial charge is 0.405 e. The topological polar surface area (TPSA) is 91.1 Å². The number of carbonyl (C=O) groups excluding carboxylic acids is 2. The van der Waals surface area contributed by atoms with E-state index in [0.29, 0.717) is 44.1 Å². The normalized spacial score (nSPS) is 36.0. The Bertz CT molecular complexity index is 710. The van der Waals surface area contributed by atoms with E-state index in [0.717, 1.165) is 12.8 Å². The van der Waals surface area contributed by atoms with E-state index >= 15 is 0 Å². The Balaban J connectivity index is 1.53. The maximum Gasteiger partial charge on any atom is 0.461 e. The van der Waals surface area contributed by atoms with Crippen LogP contribution in [0.4, 0.5) is 0 Å². The van der Waals surface area contributed by atoms with Gasteiger partial charge in [0.25, 0.3) is 0 Å². The molecule has 2 aliphatic heterocycles. The quantitative estimate of drug-likeness (QED) is 0.622. The summed E-state index contributed by atoms with van der Waals surface area (Å²) in [5, 5.41) is 0. The summed E-state index contributed by atoms with van der Waals surface area (Å²) in [5.74, 6) is 0.138. The average Bonchev–Trinajstić information content (AvgIpc) is 3.07. The molecule has 7 nitrogen and oxygen atoms in total. The van der Waals surface area contributed by atoms with Gasteiger partial charge < -0.3 is 24.7 Å². The van der Waals surface area contributed by atoms with Crippen LogP contribution in [0.15, 0.2) is 0 Å². The minimum Gasteiger partial charge on any atom is -0.405 e. The van der Waals surface area contributed by atoms with Crippen molar-refractivity contribution in [2.24, 2.45) is 34.8 Å². The molecule has 1 unspecified atom stereocenters. The number of primary amides is 1. The molecule has 2 bridgehead atoms. The van der Waals surface area contributed by atoms with Gasteiger partial charge in [0.15, 0.2) is 0 Å². The Kier molecular flexibility index (Phi) is 6.21. The van der Waals surface area contributed by atoms with Gasteiger partial charge in [-0.05, 0) is 49.4 Å². The van der Waals surface area contributed by atoms with Crippen molar-refractivity contribution in [3.63, 3.8) is 0 Å². The molecule has 2 saturated heterocycles. The Labute approximate surface area is 186 Å². The molecule has 5 fully saturated rings. The minimum atomic E-state index is -0.602. The van der Waals surface area contributed by atoms with Gasteiger partial charge in [-0.25, -0.2) is 0 Å². The number of ether oxygens (including phenoxy) is 1. The molecule has 3 saturated carbocycles. The Morgan fingerprint density at radius 1 is 1.16 bits per heavy atom. The first-order valence-corrected chi connectivity index (χ1v) is 12.0. The van der Waals surface area contributed by atoms with Crippen LogP contribution in [-0.2, 0) is 23.6 Å². The van der Waals surface area contributed by atoms with Gasteiger partial charge in [0.05, 0.1) is 24.9 Å². The fraction of sp³-hybridized carbons (Fsp3) is 0.913. The molecule has 0 aromatic heterocycles. The summed E-state index contributed by atoms with van der Waals surface area (Å²) < 4.78 is 18.5. The molecule has 6 atom stereocenters. The number of morpholine rings is 1. The third kappa shape index (κ3) is 4.04. The van der Waals surface area contributed by atoms with Gasteiger partial charge >= 0.3 is 7.12 Å². The van der Waals surface area contributed by atoms with Crippen molar-refractivity contribution in [1.82, 2.24) is 4.90 Å². The lowest BCUT2D eigenvalue weighted by Crippen LogP contribution is -2.65. The summed E-state index contributed by atoms with van der Waals surface area (Å²) in [6, 6.07) is 0. The van der Waals surface area contributed by atoms with Crippen molar-refractivity contribution in [1.29, 1.82) is 0 Å². The predicted octanol–water partition coefficient (Wildman–Crippen LogP) is 2.48. The molecule has 0 aromatic rings. The zero-order valence-electron chi connectivity index (χ0n) is 19.8. The van der Waals surface area contributed by atoms with E-state index < -0.39 is 18.9 Å². The van der Waals surface area contributed by atoms with E-state index in [1.807, 2.05) is 0 Å². The van der Waals surface area contributed by atoms with Gasteiger partial charge in [0.2, 0.25) is 11.8 Å². The van der Waals surface area contributed by atoms with Crippen molar-refractivity contribution in [2.45, 2.75) is 77.8 Å². The second kappa shape index (κ2) is 8.34. The fourth-order valence-corrected chi connectivity index (χ4v) is 6.68. The number of hydrogen-bond acceptors (Lipinski definition) is 5. The lowest BCUT2D eigenvalue weighted by atomic mass is 9.43. The van der Waals surface area contributed by atoms with Crippen molar-refractivity contribution >= 4 is 18.9 Å². The Hall–Kier alpha value is -1.12. The third-order valence-corrected chi connectivity index (χ3v) is 8.70. The Morgan fingerprint density at radius 3 is 2.42 bits per heavy atom. The van der Waals surface area contributed by atoms with E-state index in [4.69, 9.17) is 19.8 Å². The largest absolute Gasteiger partial charge is 0.461 e. The first kappa shape index (κ1) is 23.1. The van der Waals surface area contributed by atoms with Crippen LogP contribution in [0.25, 0.3) is 0 Å². The number of nitrogens with two attached hydrogens (primary N) is 1. The van der Waals surface area contributed by atoms with E-state index in [1.54, 1.807) is 4.90 Å². The standard InChI is InChI=1S/C23H39BN2O5/c1-14(2)10-17(16(21(25)28)13-20(27)26-6-8-29-9-7-26)24-30-19-12-15-11-18(22(15,3)4)23(19,5)31-24/h14-19H,6-13H2,1-5H3,(H2,25,28)/t15-,16?,17+,18-,19+,23-/m0/s1. The molecule has 2 N–H and O–H groups in total. The monoisotopic (exact) mass is 434 g/mol. The number of nitrogens with zero attached hydrogens (tertiary/aromatic N) is 1. The first-order chi connectivity index (χ1) is 14.5. The highest BCUT2D eigenvalue weighted by molar-refractivity contribution is 6.48.